The van der Waals surface area contributed by atoms with Crippen LogP contribution in [0.5, 0.6) is 0 Å². The van der Waals surface area contributed by atoms with Gasteiger partial charge in [0.15, 0.2) is 5.78 Å². The number of carbonyl (C=O) groups is 3. The first-order valence-corrected chi connectivity index (χ1v) is 8.70. The Balaban J connectivity index is 2.03. The van der Waals surface area contributed by atoms with Crippen molar-refractivity contribution in [3.05, 3.63) is 45.0 Å². The minimum atomic E-state index is -1.55. The van der Waals surface area contributed by atoms with E-state index in [2.05, 4.69) is 5.32 Å². The molecule has 0 saturated carbocycles. The van der Waals surface area contributed by atoms with Crippen LogP contribution in [-0.4, -0.2) is 44.8 Å². The maximum Gasteiger partial charge on any atom is 0.305 e. The van der Waals surface area contributed by atoms with Crippen LogP contribution < -0.4 is 16.4 Å². The monoisotopic (exact) mass is 391 g/mol. The molecule has 1 aromatic carbocycles. The minimum absolute atomic E-state index is 0.158. The van der Waals surface area contributed by atoms with Gasteiger partial charge in [0.05, 0.1) is 17.2 Å². The highest BCUT2D eigenvalue weighted by Crippen LogP contribution is 2.19. The summed E-state index contributed by atoms with van der Waals surface area (Å²) in [5.41, 5.74) is -0.962. The van der Waals surface area contributed by atoms with Gasteiger partial charge in [-0.15, -0.1) is 0 Å². The molecule has 0 radical (unpaired) electrons. The number of aliphatic carboxylic acids is 1. The van der Waals surface area contributed by atoms with E-state index in [1.165, 1.54) is 16.8 Å². The minimum Gasteiger partial charge on any atom is -0.481 e. The number of rotatable bonds is 6. The van der Waals surface area contributed by atoms with Crippen LogP contribution in [0.2, 0.25) is 0 Å². The summed E-state index contributed by atoms with van der Waals surface area (Å²) in [5.74, 6) is -3.26. The predicted octanol–water partition coefficient (Wildman–Crippen LogP) is -0.00380. The summed E-state index contributed by atoms with van der Waals surface area (Å²) in [4.78, 5) is 60.9. The van der Waals surface area contributed by atoms with Crippen LogP contribution in [0.15, 0.2) is 33.9 Å². The third-order valence-corrected chi connectivity index (χ3v) is 4.75. The fourth-order valence-corrected chi connectivity index (χ4v) is 3.42. The van der Waals surface area contributed by atoms with Crippen LogP contribution in [0.1, 0.15) is 25.3 Å². The Kier molecular flexibility index (Phi) is 5.39. The number of Topliss-reactive ketones (excluding diaryl/α,β-unsaturated/α-hetero) is 1. The normalized spacial score (nSPS) is 17.0. The standard InChI is InChI=1S/C18H18FN3O6/c19-9-14(23)12(8-15(24)25)20-16(26)13-6-3-7-21-17(27)10-4-1-2-5-11(10)18(28)22(13)21/h1-2,4-5,12-13H,3,6-9H2,(H,20,26)(H,24,25)/t12?,13-/m0/s1. The third-order valence-electron chi connectivity index (χ3n) is 4.75. The summed E-state index contributed by atoms with van der Waals surface area (Å²) < 4.78 is 14.9. The highest BCUT2D eigenvalue weighted by atomic mass is 19.1. The van der Waals surface area contributed by atoms with Crippen molar-refractivity contribution < 1.29 is 23.9 Å². The Morgan fingerprint density at radius 1 is 1.18 bits per heavy atom. The van der Waals surface area contributed by atoms with Gasteiger partial charge in [0.25, 0.3) is 11.1 Å². The molecule has 2 heterocycles. The van der Waals surface area contributed by atoms with Gasteiger partial charge in [-0.1, -0.05) is 12.1 Å². The van der Waals surface area contributed by atoms with Gasteiger partial charge in [-0.25, -0.2) is 13.8 Å². The molecule has 2 atom stereocenters. The molecule has 0 saturated heterocycles. The Hall–Kier alpha value is -3.30. The molecule has 1 aliphatic rings. The number of carboxylic acid groups (broad SMARTS) is 1. The van der Waals surface area contributed by atoms with E-state index in [1.54, 1.807) is 12.1 Å². The summed E-state index contributed by atoms with van der Waals surface area (Å²) in [6.07, 6.45) is -0.135. The van der Waals surface area contributed by atoms with E-state index in [0.29, 0.717) is 6.42 Å². The topological polar surface area (TPSA) is 127 Å². The zero-order valence-electron chi connectivity index (χ0n) is 14.8. The van der Waals surface area contributed by atoms with Gasteiger partial charge in [-0.05, 0) is 25.0 Å². The van der Waals surface area contributed by atoms with Gasteiger partial charge in [-0.2, -0.15) is 0 Å². The maximum atomic E-state index is 12.9. The summed E-state index contributed by atoms with van der Waals surface area (Å²) in [6.45, 7) is -1.19. The number of nitrogens with one attached hydrogen (secondary N) is 1. The SMILES string of the molecule is O=C(O)CC(NC(=O)[C@@H]1CCCn2c(=O)c3ccccc3c(=O)n21)C(=O)CF. The molecule has 0 aliphatic carbocycles. The Labute approximate surface area is 157 Å². The summed E-state index contributed by atoms with van der Waals surface area (Å²) in [7, 11) is 0. The number of carbonyl (C=O) groups excluding carboxylic acids is 2. The number of hydrogen-bond donors (Lipinski definition) is 2. The van der Waals surface area contributed by atoms with Gasteiger partial charge < -0.3 is 10.4 Å². The molecule has 28 heavy (non-hydrogen) atoms. The van der Waals surface area contributed by atoms with E-state index in [0.717, 1.165) is 4.68 Å². The van der Waals surface area contributed by atoms with E-state index >= 15 is 0 Å². The van der Waals surface area contributed by atoms with Gasteiger partial charge in [0.1, 0.15) is 18.8 Å². The molecule has 1 unspecified atom stereocenters. The average Bonchev–Trinajstić information content (AvgIpc) is 2.70. The lowest BCUT2D eigenvalue weighted by Gasteiger charge is -2.29. The molecule has 2 N–H and O–H groups in total. The van der Waals surface area contributed by atoms with E-state index < -0.39 is 54.0 Å². The van der Waals surface area contributed by atoms with Crippen molar-refractivity contribution in [1.82, 2.24) is 14.7 Å². The largest absolute Gasteiger partial charge is 0.481 e. The molecule has 1 aliphatic heterocycles. The van der Waals surface area contributed by atoms with Gasteiger partial charge >= 0.3 is 5.97 Å². The number of aromatic nitrogens is 2. The molecule has 9 nitrogen and oxygen atoms in total. The van der Waals surface area contributed by atoms with Crippen molar-refractivity contribution in [2.75, 3.05) is 6.67 Å². The van der Waals surface area contributed by atoms with Crippen molar-refractivity contribution >= 4 is 28.4 Å². The highest BCUT2D eigenvalue weighted by Gasteiger charge is 2.32. The van der Waals surface area contributed by atoms with Crippen LogP contribution in [0.4, 0.5) is 4.39 Å². The van der Waals surface area contributed by atoms with Crippen molar-refractivity contribution in [2.24, 2.45) is 0 Å². The first kappa shape index (κ1) is 19.5. The zero-order valence-corrected chi connectivity index (χ0v) is 14.8. The van der Waals surface area contributed by atoms with Gasteiger partial charge in [0, 0.05) is 6.54 Å². The quantitative estimate of drug-likeness (QED) is 0.713. The summed E-state index contributed by atoms with van der Waals surface area (Å²) in [6, 6.07) is 3.58. The fourth-order valence-electron chi connectivity index (χ4n) is 3.42. The second-order valence-electron chi connectivity index (χ2n) is 6.54. The van der Waals surface area contributed by atoms with Gasteiger partial charge in [-0.3, -0.25) is 24.0 Å². The molecule has 1 aromatic heterocycles. The lowest BCUT2D eigenvalue weighted by Crippen LogP contribution is -2.51. The van der Waals surface area contributed by atoms with Crippen LogP contribution in [0.3, 0.4) is 0 Å². The van der Waals surface area contributed by atoms with E-state index in [1.807, 2.05) is 0 Å². The lowest BCUT2D eigenvalue weighted by atomic mass is 10.1. The Morgan fingerprint density at radius 2 is 1.82 bits per heavy atom. The number of benzene rings is 1. The molecule has 0 spiro atoms. The molecular weight excluding hydrogens is 373 g/mol. The number of hydrogen-bond acceptors (Lipinski definition) is 5. The second-order valence-corrected chi connectivity index (χ2v) is 6.54. The highest BCUT2D eigenvalue weighted by molar-refractivity contribution is 5.93. The second kappa shape index (κ2) is 7.75. The van der Waals surface area contributed by atoms with Crippen LogP contribution in [-0.2, 0) is 20.9 Å². The lowest BCUT2D eigenvalue weighted by molar-refractivity contribution is -0.140. The molecule has 2 aromatic rings. The molecule has 10 heteroatoms. The van der Waals surface area contributed by atoms with E-state index in [4.69, 9.17) is 5.11 Å². The molecule has 1 amide bonds. The summed E-state index contributed by atoms with van der Waals surface area (Å²) >= 11 is 0. The summed E-state index contributed by atoms with van der Waals surface area (Å²) in [5, 5.41) is 11.5. The Bertz CT molecular complexity index is 1070. The smallest absolute Gasteiger partial charge is 0.305 e. The van der Waals surface area contributed by atoms with Crippen molar-refractivity contribution in [3.63, 3.8) is 0 Å². The molecule has 0 bridgehead atoms. The van der Waals surface area contributed by atoms with Crippen molar-refractivity contribution in [3.8, 4) is 0 Å². The molecule has 3 rings (SSSR count). The molecule has 0 fully saturated rings. The first-order valence-electron chi connectivity index (χ1n) is 8.70. The third kappa shape index (κ3) is 3.45. The first-order chi connectivity index (χ1) is 13.3. The van der Waals surface area contributed by atoms with Crippen molar-refractivity contribution in [1.29, 1.82) is 0 Å². The number of carboxylic acids is 1. The van der Waals surface area contributed by atoms with Crippen molar-refractivity contribution in [2.45, 2.75) is 37.9 Å². The number of nitrogens with zero attached hydrogens (tertiary/aromatic N) is 2. The zero-order chi connectivity index (χ0) is 20.4. The van der Waals surface area contributed by atoms with Crippen LogP contribution in [0, 0.1) is 0 Å². The van der Waals surface area contributed by atoms with Gasteiger partial charge in [0.2, 0.25) is 5.91 Å². The number of ketones is 1. The number of alkyl halides is 1. The molecular formula is C18H18FN3O6. The average molecular weight is 391 g/mol. The molecule has 148 valence electrons. The predicted molar refractivity (Wildman–Crippen MR) is 95.9 cm³/mol. The number of amides is 1. The number of fused-ring (bicyclic) bond motifs is 2. The van der Waals surface area contributed by atoms with E-state index in [-0.39, 0.29) is 23.7 Å². The van der Waals surface area contributed by atoms with Crippen LogP contribution in [0.25, 0.3) is 10.8 Å². The fraction of sp³-hybridized carbons (Fsp3) is 0.389. The van der Waals surface area contributed by atoms with E-state index in [9.17, 15) is 28.4 Å². The van der Waals surface area contributed by atoms with Crippen LogP contribution >= 0.6 is 0 Å². The number of halogens is 1. The maximum absolute atomic E-state index is 12.9. The Morgan fingerprint density at radius 3 is 2.43 bits per heavy atom.